The van der Waals surface area contributed by atoms with Gasteiger partial charge in [0.1, 0.15) is 18.0 Å². The summed E-state index contributed by atoms with van der Waals surface area (Å²) in [5, 5.41) is 9.66. The highest BCUT2D eigenvalue weighted by Crippen LogP contribution is 2.33. The van der Waals surface area contributed by atoms with Crippen molar-refractivity contribution >= 4 is 22.8 Å². The van der Waals surface area contributed by atoms with E-state index in [9.17, 15) is 9.90 Å². The Hall–Kier alpha value is -3.13. The second kappa shape index (κ2) is 6.88. The number of amides is 1. The zero-order valence-electron chi connectivity index (χ0n) is 15.2. The third kappa shape index (κ3) is 2.87. The van der Waals surface area contributed by atoms with Crippen molar-refractivity contribution in [2.45, 2.75) is 19.4 Å². The molecule has 1 aliphatic rings. The molecule has 140 valence electrons. The Bertz CT molecular complexity index is 1010. The van der Waals surface area contributed by atoms with Crippen molar-refractivity contribution in [2.24, 2.45) is 0 Å². The summed E-state index contributed by atoms with van der Waals surface area (Å²) >= 11 is 0. The van der Waals surface area contributed by atoms with Crippen molar-refractivity contribution in [3.63, 3.8) is 0 Å². The lowest BCUT2D eigenvalue weighted by Crippen LogP contribution is -2.26. The van der Waals surface area contributed by atoms with Crippen LogP contribution in [-0.4, -0.2) is 46.3 Å². The highest BCUT2D eigenvalue weighted by atomic mass is 16.5. The molecular formula is C19H20N4O4. The number of pyridine rings is 1. The van der Waals surface area contributed by atoms with Gasteiger partial charge in [-0.2, -0.15) is 0 Å². The van der Waals surface area contributed by atoms with Gasteiger partial charge in [-0.3, -0.25) is 14.3 Å². The summed E-state index contributed by atoms with van der Waals surface area (Å²) in [4.78, 5) is 22.9. The molecule has 0 atom stereocenters. The van der Waals surface area contributed by atoms with Gasteiger partial charge < -0.3 is 14.6 Å². The Morgan fingerprint density at radius 3 is 2.63 bits per heavy atom. The monoisotopic (exact) mass is 368 g/mol. The number of aliphatic hydroxyl groups excluding tert-OH is 1. The number of aromatic nitrogens is 3. The second-order valence-corrected chi connectivity index (χ2v) is 6.27. The minimum Gasteiger partial charge on any atom is -0.493 e. The fourth-order valence-corrected chi connectivity index (χ4v) is 3.35. The molecule has 27 heavy (non-hydrogen) atoms. The lowest BCUT2D eigenvalue weighted by Gasteiger charge is -2.19. The number of aliphatic hydroxyl groups is 1. The quantitative estimate of drug-likeness (QED) is 0.741. The number of carbonyl (C=O) groups is 1. The summed E-state index contributed by atoms with van der Waals surface area (Å²) in [5.74, 6) is 2.32. The smallest absolute Gasteiger partial charge is 0.228 e. The number of methoxy groups -OCH3 is 2. The van der Waals surface area contributed by atoms with Gasteiger partial charge in [0.05, 0.1) is 31.9 Å². The number of carbonyl (C=O) groups excluding carboxylic acids is 1. The largest absolute Gasteiger partial charge is 0.493 e. The summed E-state index contributed by atoms with van der Waals surface area (Å²) in [6.45, 7) is 0.431. The van der Waals surface area contributed by atoms with Gasteiger partial charge in [0.2, 0.25) is 5.91 Å². The molecule has 3 heterocycles. The number of nitrogens with zero attached hydrogens (tertiary/aromatic N) is 4. The normalized spacial score (nSPS) is 14.2. The second-order valence-electron chi connectivity index (χ2n) is 6.27. The number of anilines is 1. The number of benzene rings is 1. The van der Waals surface area contributed by atoms with Gasteiger partial charge >= 0.3 is 0 Å². The molecule has 4 rings (SSSR count). The fourth-order valence-electron chi connectivity index (χ4n) is 3.35. The van der Waals surface area contributed by atoms with Crippen LogP contribution in [0.2, 0.25) is 0 Å². The summed E-state index contributed by atoms with van der Waals surface area (Å²) in [7, 11) is 3.16. The van der Waals surface area contributed by atoms with Gasteiger partial charge in [0, 0.05) is 30.7 Å². The predicted octanol–water partition coefficient (Wildman–Crippen LogP) is 2.06. The van der Waals surface area contributed by atoms with Crippen LogP contribution in [0.15, 0.2) is 30.6 Å². The van der Waals surface area contributed by atoms with E-state index in [-0.39, 0.29) is 12.5 Å². The molecular weight excluding hydrogens is 348 g/mol. The Morgan fingerprint density at radius 1 is 1.19 bits per heavy atom. The lowest BCUT2D eigenvalue weighted by molar-refractivity contribution is -0.117. The number of rotatable bonds is 5. The average molecular weight is 368 g/mol. The SMILES string of the molecule is COc1cc2ncn(-c3ccc(CO)c(N4CCCC4=O)n3)c2cc1OC. The molecule has 0 unspecified atom stereocenters. The highest BCUT2D eigenvalue weighted by Gasteiger charge is 2.25. The van der Waals surface area contributed by atoms with Crippen LogP contribution in [0.4, 0.5) is 5.82 Å². The van der Waals surface area contributed by atoms with Crippen molar-refractivity contribution in [1.82, 2.24) is 14.5 Å². The Balaban J connectivity index is 1.85. The summed E-state index contributed by atoms with van der Waals surface area (Å²) in [5.41, 5.74) is 2.16. The number of ether oxygens (including phenoxy) is 2. The van der Waals surface area contributed by atoms with Crippen LogP contribution in [0.5, 0.6) is 11.5 Å². The maximum Gasteiger partial charge on any atom is 0.228 e. The zero-order chi connectivity index (χ0) is 19.0. The summed E-state index contributed by atoms with van der Waals surface area (Å²) < 4.78 is 12.5. The molecule has 1 saturated heterocycles. The van der Waals surface area contributed by atoms with Gasteiger partial charge in [-0.1, -0.05) is 0 Å². The molecule has 0 aliphatic carbocycles. The molecule has 1 N–H and O–H groups in total. The van der Waals surface area contributed by atoms with Crippen LogP contribution in [-0.2, 0) is 11.4 Å². The Morgan fingerprint density at radius 2 is 1.96 bits per heavy atom. The number of hydrogen-bond acceptors (Lipinski definition) is 6. The molecule has 3 aromatic rings. The van der Waals surface area contributed by atoms with Crippen molar-refractivity contribution in [1.29, 1.82) is 0 Å². The first-order chi connectivity index (χ1) is 13.2. The third-order valence-electron chi connectivity index (χ3n) is 4.74. The maximum atomic E-state index is 12.2. The van der Waals surface area contributed by atoms with Crippen molar-refractivity contribution in [2.75, 3.05) is 25.7 Å². The van der Waals surface area contributed by atoms with Crippen LogP contribution >= 0.6 is 0 Å². The standard InChI is InChI=1S/C19H20N4O4/c1-26-15-8-13-14(9-16(15)27-2)23(11-20-13)17-6-5-12(10-24)19(21-17)22-7-3-4-18(22)25/h5-6,8-9,11,24H,3-4,7,10H2,1-2H3. The molecule has 8 nitrogen and oxygen atoms in total. The number of hydrogen-bond donors (Lipinski definition) is 1. The van der Waals surface area contributed by atoms with Crippen molar-refractivity contribution in [3.8, 4) is 17.3 Å². The zero-order valence-corrected chi connectivity index (χ0v) is 15.2. The summed E-state index contributed by atoms with van der Waals surface area (Å²) in [6.07, 6.45) is 2.96. The molecule has 8 heteroatoms. The maximum absolute atomic E-state index is 12.2. The molecule has 0 spiro atoms. The minimum atomic E-state index is -0.178. The molecule has 1 fully saturated rings. The third-order valence-corrected chi connectivity index (χ3v) is 4.74. The minimum absolute atomic E-state index is 0.0243. The van der Waals surface area contributed by atoms with Crippen LogP contribution in [0.1, 0.15) is 18.4 Å². The molecule has 0 bridgehead atoms. The van der Waals surface area contributed by atoms with E-state index in [1.165, 1.54) is 0 Å². The van der Waals surface area contributed by atoms with E-state index in [4.69, 9.17) is 9.47 Å². The van der Waals surface area contributed by atoms with E-state index in [2.05, 4.69) is 9.97 Å². The van der Waals surface area contributed by atoms with Crippen LogP contribution in [0, 0.1) is 0 Å². The number of imidazole rings is 1. The van der Waals surface area contributed by atoms with E-state index in [0.29, 0.717) is 41.7 Å². The van der Waals surface area contributed by atoms with Gasteiger partial charge in [0.15, 0.2) is 11.5 Å². The molecule has 1 amide bonds. The van der Waals surface area contributed by atoms with Crippen molar-refractivity contribution in [3.05, 3.63) is 36.2 Å². The van der Waals surface area contributed by atoms with E-state index in [1.807, 2.05) is 10.6 Å². The fraction of sp³-hybridized carbons (Fsp3) is 0.316. The van der Waals surface area contributed by atoms with Crippen molar-refractivity contribution < 1.29 is 19.4 Å². The lowest BCUT2D eigenvalue weighted by atomic mass is 10.2. The van der Waals surface area contributed by atoms with Crippen LogP contribution in [0.25, 0.3) is 16.9 Å². The first-order valence-electron chi connectivity index (χ1n) is 8.67. The van der Waals surface area contributed by atoms with E-state index in [1.54, 1.807) is 43.6 Å². The topological polar surface area (TPSA) is 89.7 Å². The molecule has 1 aromatic carbocycles. The predicted molar refractivity (Wildman–Crippen MR) is 99.5 cm³/mol. The average Bonchev–Trinajstić information content (AvgIpc) is 3.31. The molecule has 1 aliphatic heterocycles. The highest BCUT2D eigenvalue weighted by molar-refractivity contribution is 5.95. The van der Waals surface area contributed by atoms with Crippen LogP contribution in [0.3, 0.4) is 0 Å². The van der Waals surface area contributed by atoms with Gasteiger partial charge in [-0.05, 0) is 18.6 Å². The van der Waals surface area contributed by atoms with E-state index >= 15 is 0 Å². The van der Waals surface area contributed by atoms with Gasteiger partial charge in [-0.25, -0.2) is 9.97 Å². The molecule has 2 aromatic heterocycles. The first kappa shape index (κ1) is 17.3. The van der Waals surface area contributed by atoms with Crippen LogP contribution < -0.4 is 14.4 Å². The van der Waals surface area contributed by atoms with E-state index in [0.717, 1.165) is 17.5 Å². The Labute approximate surface area is 156 Å². The molecule has 0 radical (unpaired) electrons. The first-order valence-corrected chi connectivity index (χ1v) is 8.67. The van der Waals surface area contributed by atoms with Gasteiger partial charge in [0.25, 0.3) is 0 Å². The summed E-state index contributed by atoms with van der Waals surface area (Å²) in [6, 6.07) is 7.23. The van der Waals surface area contributed by atoms with Gasteiger partial charge in [-0.15, -0.1) is 0 Å². The number of fused-ring (bicyclic) bond motifs is 1. The molecule has 0 saturated carbocycles. The van der Waals surface area contributed by atoms with E-state index < -0.39 is 0 Å². The Kier molecular flexibility index (Phi) is 4.41.